The molecular formula is C21H30O5. The van der Waals surface area contributed by atoms with Crippen LogP contribution in [0.25, 0.3) is 6.08 Å². The van der Waals surface area contributed by atoms with Crippen molar-refractivity contribution in [3.8, 4) is 11.5 Å². The zero-order chi connectivity index (χ0) is 18.9. The first kappa shape index (κ1) is 19.2. The number of phenolic OH excluding ortho intramolecular Hbond substituents is 1. The van der Waals surface area contributed by atoms with Crippen LogP contribution in [0.5, 0.6) is 11.5 Å². The number of rotatable bonds is 6. The van der Waals surface area contributed by atoms with Gasteiger partial charge in [0.2, 0.25) is 0 Å². The maximum Gasteiger partial charge on any atom is 0.188 e. The molecule has 26 heavy (non-hydrogen) atoms. The molecule has 2 aliphatic rings. The molecule has 0 spiro atoms. The van der Waals surface area contributed by atoms with E-state index in [4.69, 9.17) is 18.9 Å². The zero-order valence-corrected chi connectivity index (χ0v) is 16.4. The van der Waals surface area contributed by atoms with Gasteiger partial charge in [0.05, 0.1) is 11.7 Å². The lowest BCUT2D eigenvalue weighted by atomic mass is 9.87. The summed E-state index contributed by atoms with van der Waals surface area (Å²) in [7, 11) is 3.27. The Kier molecular flexibility index (Phi) is 5.61. The van der Waals surface area contributed by atoms with Gasteiger partial charge in [0.15, 0.2) is 6.29 Å². The summed E-state index contributed by atoms with van der Waals surface area (Å²) in [5, 5.41) is 10.8. The lowest BCUT2D eigenvalue weighted by molar-refractivity contribution is -0.206. The van der Waals surface area contributed by atoms with Crippen molar-refractivity contribution >= 4 is 6.08 Å². The van der Waals surface area contributed by atoms with Crippen molar-refractivity contribution in [3.63, 3.8) is 0 Å². The molecule has 3 atom stereocenters. The van der Waals surface area contributed by atoms with Crippen LogP contribution < -0.4 is 4.74 Å². The van der Waals surface area contributed by atoms with Gasteiger partial charge in [-0.05, 0) is 32.4 Å². The highest BCUT2D eigenvalue weighted by molar-refractivity contribution is 5.68. The number of hydrogen-bond donors (Lipinski definition) is 1. The van der Waals surface area contributed by atoms with Crippen molar-refractivity contribution < 1.29 is 24.1 Å². The first-order chi connectivity index (χ1) is 12.4. The third kappa shape index (κ3) is 3.48. The second-order valence-electron chi connectivity index (χ2n) is 7.57. The highest BCUT2D eigenvalue weighted by atomic mass is 16.7. The largest absolute Gasteiger partial charge is 0.508 e. The summed E-state index contributed by atoms with van der Waals surface area (Å²) in [5.41, 5.74) is 1.84. The summed E-state index contributed by atoms with van der Waals surface area (Å²) in [6.07, 6.45) is 7.03. The Morgan fingerprint density at radius 2 is 1.92 bits per heavy atom. The summed E-state index contributed by atoms with van der Waals surface area (Å²) in [5.74, 6) is 0.899. The van der Waals surface area contributed by atoms with Gasteiger partial charge in [0.25, 0.3) is 0 Å². The molecule has 0 amide bonds. The Labute approximate surface area is 155 Å². The van der Waals surface area contributed by atoms with Gasteiger partial charge in [0, 0.05) is 25.3 Å². The SMILES string of the molecule is CCCCC[C@@H]1O[C@@H](OC)c2c3c(cc(O)c2[C@@H]1OC)C=CC(C)(C)O3. The molecule has 1 N–H and O–H groups in total. The Morgan fingerprint density at radius 1 is 1.15 bits per heavy atom. The summed E-state index contributed by atoms with van der Waals surface area (Å²) in [4.78, 5) is 0. The van der Waals surface area contributed by atoms with Crippen LogP contribution in [0, 0.1) is 0 Å². The molecule has 0 radical (unpaired) electrons. The maximum atomic E-state index is 10.8. The summed E-state index contributed by atoms with van der Waals surface area (Å²) in [6.45, 7) is 6.17. The van der Waals surface area contributed by atoms with Crippen LogP contribution in [0.4, 0.5) is 0 Å². The second-order valence-corrected chi connectivity index (χ2v) is 7.57. The van der Waals surface area contributed by atoms with Gasteiger partial charge in [-0.3, -0.25) is 0 Å². The fraction of sp³-hybridized carbons (Fsp3) is 0.619. The third-order valence-corrected chi connectivity index (χ3v) is 5.11. The van der Waals surface area contributed by atoms with Crippen molar-refractivity contribution in [2.24, 2.45) is 0 Å². The molecule has 2 aliphatic heterocycles. The highest BCUT2D eigenvalue weighted by Gasteiger charge is 2.42. The van der Waals surface area contributed by atoms with E-state index in [1.165, 1.54) is 0 Å². The van der Waals surface area contributed by atoms with Crippen LogP contribution in [-0.4, -0.2) is 31.0 Å². The molecular weight excluding hydrogens is 332 g/mol. The molecule has 144 valence electrons. The van der Waals surface area contributed by atoms with Gasteiger partial charge in [-0.15, -0.1) is 0 Å². The predicted molar refractivity (Wildman–Crippen MR) is 100 cm³/mol. The van der Waals surface area contributed by atoms with Gasteiger partial charge in [-0.2, -0.15) is 0 Å². The van der Waals surface area contributed by atoms with Crippen LogP contribution in [0.2, 0.25) is 0 Å². The lowest BCUT2D eigenvalue weighted by Crippen LogP contribution is -2.35. The Morgan fingerprint density at radius 3 is 2.58 bits per heavy atom. The fourth-order valence-electron chi connectivity index (χ4n) is 3.81. The number of phenols is 1. The van der Waals surface area contributed by atoms with Gasteiger partial charge in [0.1, 0.15) is 23.2 Å². The summed E-state index contributed by atoms with van der Waals surface area (Å²) >= 11 is 0. The monoisotopic (exact) mass is 362 g/mol. The second kappa shape index (κ2) is 7.59. The van der Waals surface area contributed by atoms with Crippen molar-refractivity contribution in [3.05, 3.63) is 28.8 Å². The Bertz CT molecular complexity index is 679. The molecule has 0 saturated carbocycles. The molecule has 3 rings (SSSR count). The van der Waals surface area contributed by atoms with E-state index in [1.54, 1.807) is 20.3 Å². The molecule has 5 heteroatoms. The number of ether oxygens (including phenoxy) is 4. The number of unbranched alkanes of at least 4 members (excludes halogenated alkanes) is 2. The van der Waals surface area contributed by atoms with Crippen LogP contribution >= 0.6 is 0 Å². The van der Waals surface area contributed by atoms with E-state index in [0.717, 1.165) is 42.4 Å². The van der Waals surface area contributed by atoms with E-state index in [1.807, 2.05) is 26.0 Å². The fourth-order valence-corrected chi connectivity index (χ4v) is 3.81. The maximum absolute atomic E-state index is 10.8. The van der Waals surface area contributed by atoms with Crippen molar-refractivity contribution in [2.75, 3.05) is 14.2 Å². The quantitative estimate of drug-likeness (QED) is 0.730. The average molecular weight is 362 g/mol. The smallest absolute Gasteiger partial charge is 0.188 e. The lowest BCUT2D eigenvalue weighted by Gasteiger charge is -2.40. The average Bonchev–Trinajstić information content (AvgIpc) is 2.61. The van der Waals surface area contributed by atoms with Gasteiger partial charge >= 0.3 is 0 Å². The van der Waals surface area contributed by atoms with E-state index in [0.29, 0.717) is 5.75 Å². The third-order valence-electron chi connectivity index (χ3n) is 5.11. The minimum atomic E-state index is -0.592. The van der Waals surface area contributed by atoms with E-state index in [9.17, 15) is 5.11 Å². The molecule has 5 nitrogen and oxygen atoms in total. The van der Waals surface area contributed by atoms with Gasteiger partial charge in [-0.1, -0.05) is 32.3 Å². The van der Waals surface area contributed by atoms with Gasteiger partial charge in [-0.25, -0.2) is 0 Å². The predicted octanol–water partition coefficient (Wildman–Crippen LogP) is 4.89. The van der Waals surface area contributed by atoms with E-state index >= 15 is 0 Å². The number of methoxy groups -OCH3 is 2. The first-order valence-corrected chi connectivity index (χ1v) is 9.41. The topological polar surface area (TPSA) is 57.2 Å². The molecule has 0 fully saturated rings. The number of fused-ring (bicyclic) bond motifs is 3. The van der Waals surface area contributed by atoms with Crippen LogP contribution in [0.3, 0.4) is 0 Å². The molecule has 1 aromatic carbocycles. The normalized spacial score (nSPS) is 26.1. The molecule has 1 aromatic rings. The van der Waals surface area contributed by atoms with E-state index < -0.39 is 11.9 Å². The first-order valence-electron chi connectivity index (χ1n) is 9.41. The highest BCUT2D eigenvalue weighted by Crippen LogP contribution is 2.51. The van der Waals surface area contributed by atoms with Gasteiger partial charge < -0.3 is 24.1 Å². The molecule has 2 heterocycles. The van der Waals surface area contributed by atoms with Crippen LogP contribution in [0.15, 0.2) is 12.1 Å². The summed E-state index contributed by atoms with van der Waals surface area (Å²) in [6, 6.07) is 1.74. The molecule has 0 aromatic heterocycles. The number of hydrogen-bond acceptors (Lipinski definition) is 5. The Hall–Kier alpha value is -1.56. The van der Waals surface area contributed by atoms with E-state index in [2.05, 4.69) is 6.92 Å². The van der Waals surface area contributed by atoms with Crippen molar-refractivity contribution in [2.45, 2.75) is 70.6 Å². The molecule has 0 saturated heterocycles. The van der Waals surface area contributed by atoms with E-state index in [-0.39, 0.29) is 18.0 Å². The zero-order valence-electron chi connectivity index (χ0n) is 16.4. The number of aromatic hydroxyl groups is 1. The minimum Gasteiger partial charge on any atom is -0.508 e. The van der Waals surface area contributed by atoms with Crippen LogP contribution in [0.1, 0.15) is 75.5 Å². The Balaban J connectivity index is 2.08. The molecule has 0 aliphatic carbocycles. The summed E-state index contributed by atoms with van der Waals surface area (Å²) < 4.78 is 23.9. The minimum absolute atomic E-state index is 0.167. The van der Waals surface area contributed by atoms with Crippen molar-refractivity contribution in [1.29, 1.82) is 0 Å². The molecule has 0 unspecified atom stereocenters. The van der Waals surface area contributed by atoms with Crippen molar-refractivity contribution in [1.82, 2.24) is 0 Å². The molecule has 0 bridgehead atoms. The van der Waals surface area contributed by atoms with Crippen LogP contribution in [-0.2, 0) is 14.2 Å². The standard InChI is InChI=1S/C21H30O5/c1-6-7-8-9-15-19(23-4)16-14(22)12-13-10-11-21(2,3)26-18(13)17(16)20(24-5)25-15/h10-12,15,19-20,22H,6-9H2,1-5H3/t15-,19+,20+/m0/s1. The number of benzene rings is 1.